The number of carbonyl (C=O) groups excluding carboxylic acids is 1. The minimum Gasteiger partial charge on any atom is -0.469 e. The van der Waals surface area contributed by atoms with Crippen molar-refractivity contribution in [3.63, 3.8) is 0 Å². The van der Waals surface area contributed by atoms with Crippen LogP contribution >= 0.6 is 0 Å². The van der Waals surface area contributed by atoms with Crippen molar-refractivity contribution in [1.82, 2.24) is 4.98 Å². The van der Waals surface area contributed by atoms with Crippen molar-refractivity contribution < 1.29 is 14.3 Å². The van der Waals surface area contributed by atoms with Crippen molar-refractivity contribution in [3.05, 3.63) is 17.8 Å². The van der Waals surface area contributed by atoms with Crippen LogP contribution in [0.25, 0.3) is 0 Å². The monoisotopic (exact) mass is 267 g/mol. The van der Waals surface area contributed by atoms with Gasteiger partial charge in [-0.2, -0.15) is 0 Å². The van der Waals surface area contributed by atoms with Gasteiger partial charge in [0, 0.05) is 20.2 Å². The first-order valence-electron chi connectivity index (χ1n) is 6.12. The minimum absolute atomic E-state index is 0.241. The van der Waals surface area contributed by atoms with Gasteiger partial charge < -0.3 is 20.1 Å². The molecule has 0 amide bonds. The minimum atomic E-state index is -0.241. The number of hydrogen-bond acceptors (Lipinski definition) is 6. The van der Waals surface area contributed by atoms with Crippen molar-refractivity contribution >= 4 is 17.5 Å². The summed E-state index contributed by atoms with van der Waals surface area (Å²) in [5.41, 5.74) is 7.18. The highest BCUT2D eigenvalue weighted by molar-refractivity contribution is 5.70. The van der Waals surface area contributed by atoms with Crippen LogP contribution in [0.5, 0.6) is 0 Å². The number of esters is 1. The van der Waals surface area contributed by atoms with E-state index in [1.807, 2.05) is 24.0 Å². The maximum Gasteiger partial charge on any atom is 0.307 e. The molecule has 2 N–H and O–H groups in total. The van der Waals surface area contributed by atoms with Gasteiger partial charge in [0.15, 0.2) is 0 Å². The second-order valence-electron chi connectivity index (χ2n) is 4.15. The Balaban J connectivity index is 2.76. The number of nitrogens with zero attached hydrogens (tertiary/aromatic N) is 2. The van der Waals surface area contributed by atoms with Crippen LogP contribution in [0.3, 0.4) is 0 Å². The lowest BCUT2D eigenvalue weighted by molar-refractivity contribution is -0.140. The molecule has 0 saturated heterocycles. The average Bonchev–Trinajstić information content (AvgIpc) is 2.42. The molecule has 0 aliphatic heterocycles. The highest BCUT2D eigenvalue weighted by atomic mass is 16.5. The summed E-state index contributed by atoms with van der Waals surface area (Å²) in [5.74, 6) is 0.544. The van der Waals surface area contributed by atoms with E-state index in [0.29, 0.717) is 31.8 Å². The number of pyridine rings is 1. The van der Waals surface area contributed by atoms with E-state index in [4.69, 9.17) is 10.5 Å². The first-order chi connectivity index (χ1) is 9.08. The molecule has 0 fully saturated rings. The van der Waals surface area contributed by atoms with Gasteiger partial charge >= 0.3 is 5.97 Å². The largest absolute Gasteiger partial charge is 0.469 e. The predicted octanol–water partition coefficient (Wildman–Crippen LogP) is 0.988. The van der Waals surface area contributed by atoms with Crippen molar-refractivity contribution in [1.29, 1.82) is 0 Å². The van der Waals surface area contributed by atoms with E-state index in [0.717, 1.165) is 11.5 Å². The summed E-state index contributed by atoms with van der Waals surface area (Å²) in [7, 11) is 3.02. The van der Waals surface area contributed by atoms with Gasteiger partial charge in [0.25, 0.3) is 0 Å². The fourth-order valence-corrected chi connectivity index (χ4v) is 1.61. The topological polar surface area (TPSA) is 77.7 Å². The van der Waals surface area contributed by atoms with E-state index >= 15 is 0 Å². The molecule has 0 bridgehead atoms. The van der Waals surface area contributed by atoms with Gasteiger partial charge in [-0.1, -0.05) is 0 Å². The Bertz CT molecular complexity index is 424. The van der Waals surface area contributed by atoms with Gasteiger partial charge in [-0.05, 0) is 19.1 Å². The third kappa shape index (κ3) is 4.75. The number of anilines is 2. The van der Waals surface area contributed by atoms with E-state index in [1.165, 1.54) is 7.11 Å². The maximum atomic E-state index is 11.2. The zero-order chi connectivity index (χ0) is 14.3. The summed E-state index contributed by atoms with van der Waals surface area (Å²) < 4.78 is 9.72. The van der Waals surface area contributed by atoms with Gasteiger partial charge in [0.1, 0.15) is 5.82 Å². The molecule has 0 aromatic carbocycles. The molecular formula is C13H21N3O3. The number of aryl methyl sites for hydroxylation is 1. The quantitative estimate of drug-likeness (QED) is 0.742. The lowest BCUT2D eigenvalue weighted by Gasteiger charge is -2.23. The van der Waals surface area contributed by atoms with Crippen LogP contribution in [-0.2, 0) is 14.3 Å². The van der Waals surface area contributed by atoms with E-state index in [1.54, 1.807) is 7.11 Å². The number of ether oxygens (including phenoxy) is 2. The Morgan fingerprint density at radius 1 is 1.37 bits per heavy atom. The molecule has 0 radical (unpaired) electrons. The summed E-state index contributed by atoms with van der Waals surface area (Å²) in [5, 5.41) is 0. The first-order valence-corrected chi connectivity index (χ1v) is 6.12. The molecule has 0 atom stereocenters. The molecule has 0 aliphatic rings. The highest BCUT2D eigenvalue weighted by Gasteiger charge is 2.11. The molecule has 6 nitrogen and oxygen atoms in total. The van der Waals surface area contributed by atoms with E-state index in [9.17, 15) is 4.79 Å². The Hall–Kier alpha value is -1.82. The molecule has 0 saturated carbocycles. The molecule has 1 rings (SSSR count). The number of nitrogens with two attached hydrogens (primary N) is 1. The van der Waals surface area contributed by atoms with Gasteiger partial charge in [0.2, 0.25) is 0 Å². The molecule has 0 spiro atoms. The molecule has 106 valence electrons. The fourth-order valence-electron chi connectivity index (χ4n) is 1.61. The van der Waals surface area contributed by atoms with Crippen molar-refractivity contribution in [2.75, 3.05) is 44.5 Å². The molecule has 1 aromatic heterocycles. The van der Waals surface area contributed by atoms with E-state index in [2.05, 4.69) is 9.72 Å². The second-order valence-corrected chi connectivity index (χ2v) is 4.15. The fraction of sp³-hybridized carbons (Fsp3) is 0.538. The second kappa shape index (κ2) is 7.58. The van der Waals surface area contributed by atoms with Crippen molar-refractivity contribution in [2.24, 2.45) is 0 Å². The Morgan fingerprint density at radius 3 is 2.68 bits per heavy atom. The Morgan fingerprint density at radius 2 is 2.11 bits per heavy atom. The molecule has 1 aromatic rings. The molecule has 0 aliphatic carbocycles. The van der Waals surface area contributed by atoms with Gasteiger partial charge in [-0.25, -0.2) is 4.98 Å². The molecule has 0 unspecified atom stereocenters. The van der Waals surface area contributed by atoms with E-state index < -0.39 is 0 Å². The number of rotatable bonds is 7. The summed E-state index contributed by atoms with van der Waals surface area (Å²) in [6.45, 7) is 3.61. The summed E-state index contributed by atoms with van der Waals surface area (Å²) >= 11 is 0. The summed E-state index contributed by atoms with van der Waals surface area (Å²) in [6.07, 6.45) is 0.311. The lowest BCUT2D eigenvalue weighted by atomic mass is 10.3. The number of carbonyl (C=O) groups is 1. The number of aromatic nitrogens is 1. The molecule has 19 heavy (non-hydrogen) atoms. The van der Waals surface area contributed by atoms with Gasteiger partial charge in [-0.3, -0.25) is 4.79 Å². The Labute approximate surface area is 113 Å². The van der Waals surface area contributed by atoms with Crippen molar-refractivity contribution in [2.45, 2.75) is 13.3 Å². The number of methoxy groups -OCH3 is 2. The predicted molar refractivity (Wildman–Crippen MR) is 74.1 cm³/mol. The van der Waals surface area contributed by atoms with Gasteiger partial charge in [0.05, 0.1) is 31.5 Å². The molecule has 6 heteroatoms. The number of hydrogen-bond donors (Lipinski definition) is 1. The van der Waals surface area contributed by atoms with Crippen LogP contribution in [0, 0.1) is 6.92 Å². The normalized spacial score (nSPS) is 10.3. The van der Waals surface area contributed by atoms with Crippen LogP contribution in [-0.4, -0.2) is 44.9 Å². The third-order valence-corrected chi connectivity index (χ3v) is 2.81. The zero-order valence-corrected chi connectivity index (χ0v) is 11.7. The SMILES string of the molecule is COCCN(CCC(=O)OC)c1ccc(N)c(C)n1. The van der Waals surface area contributed by atoms with Crippen molar-refractivity contribution in [3.8, 4) is 0 Å². The van der Waals surface area contributed by atoms with Crippen LogP contribution < -0.4 is 10.6 Å². The first kappa shape index (κ1) is 15.2. The highest BCUT2D eigenvalue weighted by Crippen LogP contribution is 2.16. The zero-order valence-electron chi connectivity index (χ0n) is 11.7. The molecular weight excluding hydrogens is 246 g/mol. The Kier molecular flexibility index (Phi) is 6.08. The van der Waals surface area contributed by atoms with Gasteiger partial charge in [-0.15, -0.1) is 0 Å². The summed E-state index contributed by atoms with van der Waals surface area (Å²) in [6, 6.07) is 3.66. The average molecular weight is 267 g/mol. The number of nitrogen functional groups attached to an aromatic ring is 1. The molecule has 1 heterocycles. The standard InChI is InChI=1S/C13H21N3O3/c1-10-11(14)4-5-12(15-10)16(8-9-18-2)7-6-13(17)19-3/h4-5H,6-9,14H2,1-3H3. The van der Waals surface area contributed by atoms with Crippen LogP contribution in [0.1, 0.15) is 12.1 Å². The van der Waals surface area contributed by atoms with Crippen LogP contribution in [0.2, 0.25) is 0 Å². The van der Waals surface area contributed by atoms with Crippen LogP contribution in [0.15, 0.2) is 12.1 Å². The maximum absolute atomic E-state index is 11.2. The van der Waals surface area contributed by atoms with Crippen LogP contribution in [0.4, 0.5) is 11.5 Å². The summed E-state index contributed by atoms with van der Waals surface area (Å²) in [4.78, 5) is 17.6. The third-order valence-electron chi connectivity index (χ3n) is 2.81. The van der Waals surface area contributed by atoms with E-state index in [-0.39, 0.29) is 5.97 Å². The lowest BCUT2D eigenvalue weighted by Crippen LogP contribution is -2.30. The smallest absolute Gasteiger partial charge is 0.307 e.